The molecule has 0 radical (unpaired) electrons. The second-order valence-electron chi connectivity index (χ2n) is 7.42. The topological polar surface area (TPSA) is 48.1 Å². The molecular weight excluding hydrogens is 346 g/mol. The summed E-state index contributed by atoms with van der Waals surface area (Å²) < 4.78 is 0. The predicted molar refractivity (Wildman–Crippen MR) is 117 cm³/mol. The molecule has 0 atom stereocenters. The molecule has 4 heteroatoms. The maximum Gasteiger partial charge on any atom is 0.255 e. The van der Waals surface area contributed by atoms with Crippen LogP contribution >= 0.6 is 0 Å². The molecule has 1 aliphatic heterocycles. The lowest BCUT2D eigenvalue weighted by Gasteiger charge is -2.26. The molecule has 0 fully saturated rings. The minimum absolute atomic E-state index is 0.0829. The Morgan fingerprint density at radius 1 is 1.18 bits per heavy atom. The Labute approximate surface area is 166 Å². The molecule has 0 saturated heterocycles. The normalized spacial score (nSPS) is 14.8. The van der Waals surface area contributed by atoms with Crippen LogP contribution in [0.25, 0.3) is 16.5 Å². The number of fused-ring (bicyclic) bond motifs is 1. The molecule has 0 saturated carbocycles. The van der Waals surface area contributed by atoms with E-state index >= 15 is 0 Å². The average Bonchev–Trinajstić information content (AvgIpc) is 3.16. The number of carbonyl (C=O) groups excluding carboxylic acids is 1. The van der Waals surface area contributed by atoms with Crippen LogP contribution in [0, 0.1) is 0 Å². The van der Waals surface area contributed by atoms with Crippen molar-refractivity contribution >= 4 is 28.1 Å². The van der Waals surface area contributed by atoms with Crippen LogP contribution in [0.3, 0.4) is 0 Å². The van der Waals surface area contributed by atoms with Gasteiger partial charge in [0.25, 0.3) is 5.91 Å². The van der Waals surface area contributed by atoms with Crippen molar-refractivity contribution < 1.29 is 4.79 Å². The van der Waals surface area contributed by atoms with Crippen molar-refractivity contribution in [3.8, 4) is 0 Å². The van der Waals surface area contributed by atoms with Crippen molar-refractivity contribution in [3.05, 3.63) is 71.9 Å². The standard InChI is InChI=1S/C24H27N3O/c1-2-3-13-27-14-11-18(12-15-27)22-17-25-23-10-9-20(16-21(22)23)26-24(28)19-7-5-4-6-8-19/h4-11,16-17,25H,2-3,12-15H2,1H3,(H,26,28). The molecule has 2 heterocycles. The summed E-state index contributed by atoms with van der Waals surface area (Å²) in [6.45, 7) is 5.56. The highest BCUT2D eigenvalue weighted by atomic mass is 16.1. The molecule has 0 aliphatic carbocycles. The van der Waals surface area contributed by atoms with Gasteiger partial charge in [0.2, 0.25) is 0 Å². The zero-order valence-electron chi connectivity index (χ0n) is 16.4. The van der Waals surface area contributed by atoms with Gasteiger partial charge in [-0.05, 0) is 55.3 Å². The van der Waals surface area contributed by atoms with E-state index in [4.69, 9.17) is 0 Å². The third-order valence-electron chi connectivity index (χ3n) is 5.44. The molecule has 0 bridgehead atoms. The lowest BCUT2D eigenvalue weighted by Crippen LogP contribution is -2.29. The number of aromatic nitrogens is 1. The summed E-state index contributed by atoms with van der Waals surface area (Å²) in [7, 11) is 0. The van der Waals surface area contributed by atoms with Gasteiger partial charge in [-0.15, -0.1) is 0 Å². The number of unbranched alkanes of at least 4 members (excludes halogenated alkanes) is 1. The largest absolute Gasteiger partial charge is 0.361 e. The second-order valence-corrected chi connectivity index (χ2v) is 7.42. The Kier molecular flexibility index (Phi) is 5.58. The van der Waals surface area contributed by atoms with Gasteiger partial charge in [-0.2, -0.15) is 0 Å². The lowest BCUT2D eigenvalue weighted by atomic mass is 9.98. The minimum Gasteiger partial charge on any atom is -0.361 e. The van der Waals surface area contributed by atoms with Gasteiger partial charge in [-0.3, -0.25) is 9.69 Å². The van der Waals surface area contributed by atoms with E-state index in [2.05, 4.69) is 40.5 Å². The number of nitrogens with one attached hydrogen (secondary N) is 2. The molecule has 1 aromatic heterocycles. The zero-order valence-corrected chi connectivity index (χ0v) is 16.4. The van der Waals surface area contributed by atoms with E-state index in [1.54, 1.807) is 0 Å². The fraction of sp³-hybridized carbons (Fsp3) is 0.292. The van der Waals surface area contributed by atoms with Crippen molar-refractivity contribution in [1.82, 2.24) is 9.88 Å². The summed E-state index contributed by atoms with van der Waals surface area (Å²) in [5.74, 6) is -0.0829. The number of nitrogens with zero attached hydrogens (tertiary/aromatic N) is 1. The van der Waals surface area contributed by atoms with Crippen LogP contribution in [0.5, 0.6) is 0 Å². The molecule has 0 unspecified atom stereocenters. The number of benzene rings is 2. The van der Waals surface area contributed by atoms with Crippen molar-refractivity contribution in [2.75, 3.05) is 25.0 Å². The Morgan fingerprint density at radius 2 is 2.04 bits per heavy atom. The van der Waals surface area contributed by atoms with Gasteiger partial charge in [0.05, 0.1) is 0 Å². The van der Waals surface area contributed by atoms with E-state index in [1.165, 1.54) is 35.9 Å². The molecule has 3 aromatic rings. The van der Waals surface area contributed by atoms with E-state index in [0.717, 1.165) is 30.7 Å². The molecule has 4 nitrogen and oxygen atoms in total. The number of hydrogen-bond donors (Lipinski definition) is 2. The first-order chi connectivity index (χ1) is 13.7. The maximum atomic E-state index is 12.5. The van der Waals surface area contributed by atoms with Gasteiger partial charge in [-0.1, -0.05) is 37.6 Å². The average molecular weight is 374 g/mol. The Balaban J connectivity index is 1.54. The minimum atomic E-state index is -0.0829. The molecule has 0 spiro atoms. The summed E-state index contributed by atoms with van der Waals surface area (Å²) in [6.07, 6.45) is 8.03. The third-order valence-corrected chi connectivity index (χ3v) is 5.44. The number of amides is 1. The van der Waals surface area contributed by atoms with Crippen LogP contribution in [0.2, 0.25) is 0 Å². The quantitative estimate of drug-likeness (QED) is 0.615. The fourth-order valence-electron chi connectivity index (χ4n) is 3.80. The van der Waals surface area contributed by atoms with Crippen molar-refractivity contribution in [3.63, 3.8) is 0 Å². The van der Waals surface area contributed by atoms with Crippen molar-refractivity contribution in [2.45, 2.75) is 26.2 Å². The van der Waals surface area contributed by atoms with Gasteiger partial charge in [0, 0.05) is 47.0 Å². The van der Waals surface area contributed by atoms with Crippen molar-refractivity contribution in [1.29, 1.82) is 0 Å². The number of aromatic amines is 1. The molecule has 4 rings (SSSR count). The summed E-state index contributed by atoms with van der Waals surface area (Å²) in [6, 6.07) is 15.4. The monoisotopic (exact) mass is 373 g/mol. The summed E-state index contributed by atoms with van der Waals surface area (Å²) >= 11 is 0. The number of anilines is 1. The number of hydrogen-bond acceptors (Lipinski definition) is 2. The van der Waals surface area contributed by atoms with Crippen LogP contribution < -0.4 is 5.32 Å². The summed E-state index contributed by atoms with van der Waals surface area (Å²) in [4.78, 5) is 18.4. The number of carbonyl (C=O) groups is 1. The summed E-state index contributed by atoms with van der Waals surface area (Å²) in [5.41, 5.74) is 5.23. The first-order valence-corrected chi connectivity index (χ1v) is 10.1. The van der Waals surface area contributed by atoms with Crippen LogP contribution in [0.4, 0.5) is 5.69 Å². The van der Waals surface area contributed by atoms with E-state index in [1.807, 2.05) is 42.5 Å². The highest BCUT2D eigenvalue weighted by molar-refractivity contribution is 6.05. The predicted octanol–water partition coefficient (Wildman–Crippen LogP) is 5.31. The third kappa shape index (κ3) is 4.02. The molecule has 1 amide bonds. The van der Waals surface area contributed by atoms with Crippen LogP contribution in [-0.2, 0) is 0 Å². The molecule has 2 N–H and O–H groups in total. The first-order valence-electron chi connectivity index (χ1n) is 10.1. The Morgan fingerprint density at radius 3 is 2.79 bits per heavy atom. The van der Waals surface area contributed by atoms with E-state index in [-0.39, 0.29) is 5.91 Å². The maximum absolute atomic E-state index is 12.5. The first kappa shape index (κ1) is 18.5. The van der Waals surface area contributed by atoms with Crippen LogP contribution in [-0.4, -0.2) is 35.4 Å². The summed E-state index contributed by atoms with van der Waals surface area (Å²) in [5, 5.41) is 4.19. The number of H-pyrrole nitrogens is 1. The van der Waals surface area contributed by atoms with Gasteiger partial charge in [0.15, 0.2) is 0 Å². The van der Waals surface area contributed by atoms with Gasteiger partial charge >= 0.3 is 0 Å². The molecule has 1 aliphatic rings. The van der Waals surface area contributed by atoms with E-state index in [9.17, 15) is 4.79 Å². The van der Waals surface area contributed by atoms with Crippen LogP contribution in [0.1, 0.15) is 42.1 Å². The van der Waals surface area contributed by atoms with Crippen LogP contribution in [0.15, 0.2) is 60.8 Å². The fourth-order valence-corrected chi connectivity index (χ4v) is 3.80. The number of rotatable bonds is 6. The van der Waals surface area contributed by atoms with E-state index in [0.29, 0.717) is 5.56 Å². The molecular formula is C24H27N3O. The highest BCUT2D eigenvalue weighted by Gasteiger charge is 2.16. The van der Waals surface area contributed by atoms with Gasteiger partial charge in [0.1, 0.15) is 0 Å². The van der Waals surface area contributed by atoms with Gasteiger partial charge in [-0.25, -0.2) is 0 Å². The molecule has 2 aromatic carbocycles. The second kappa shape index (κ2) is 8.44. The van der Waals surface area contributed by atoms with E-state index < -0.39 is 0 Å². The lowest BCUT2D eigenvalue weighted by molar-refractivity contribution is 0.102. The molecule has 28 heavy (non-hydrogen) atoms. The SMILES string of the molecule is CCCCN1CC=C(c2c[nH]c3ccc(NC(=O)c4ccccc4)cc23)CC1. The Bertz CT molecular complexity index is 988. The van der Waals surface area contributed by atoms with Gasteiger partial charge < -0.3 is 10.3 Å². The zero-order chi connectivity index (χ0) is 19.3. The smallest absolute Gasteiger partial charge is 0.255 e. The Hall–Kier alpha value is -2.85. The molecule has 144 valence electrons. The van der Waals surface area contributed by atoms with Crippen molar-refractivity contribution in [2.24, 2.45) is 0 Å². The highest BCUT2D eigenvalue weighted by Crippen LogP contribution is 2.31.